The molecule has 0 fully saturated rings. The molecular formula is C17H12ClFN4S. The van der Waals surface area contributed by atoms with Crippen molar-refractivity contribution in [2.75, 3.05) is 5.32 Å². The lowest BCUT2D eigenvalue weighted by Gasteiger charge is -2.02. The zero-order valence-corrected chi connectivity index (χ0v) is 14.0. The molecule has 0 saturated carbocycles. The van der Waals surface area contributed by atoms with Crippen molar-refractivity contribution in [1.82, 2.24) is 14.6 Å². The molecule has 0 aliphatic carbocycles. The molecule has 0 bridgehead atoms. The zero-order chi connectivity index (χ0) is 16.5. The van der Waals surface area contributed by atoms with Crippen molar-refractivity contribution in [2.45, 2.75) is 6.54 Å². The molecule has 0 atom stereocenters. The molecule has 2 aromatic carbocycles. The molecule has 0 aliphatic rings. The van der Waals surface area contributed by atoms with Crippen molar-refractivity contribution in [3.63, 3.8) is 0 Å². The van der Waals surface area contributed by atoms with Gasteiger partial charge in [0.1, 0.15) is 5.82 Å². The number of aromatic nitrogens is 3. The fraction of sp³-hybridized carbons (Fsp3) is 0.0588. The van der Waals surface area contributed by atoms with E-state index in [0.717, 1.165) is 26.9 Å². The summed E-state index contributed by atoms with van der Waals surface area (Å²) in [6.45, 7) is 0.578. The summed E-state index contributed by atoms with van der Waals surface area (Å²) in [6, 6.07) is 14.0. The van der Waals surface area contributed by atoms with Crippen LogP contribution in [0.4, 0.5) is 9.52 Å². The Morgan fingerprint density at radius 3 is 2.67 bits per heavy atom. The molecule has 4 rings (SSSR count). The highest BCUT2D eigenvalue weighted by Crippen LogP contribution is 2.29. The highest BCUT2D eigenvalue weighted by molar-refractivity contribution is 7.20. The Bertz CT molecular complexity index is 962. The Morgan fingerprint density at radius 2 is 1.92 bits per heavy atom. The van der Waals surface area contributed by atoms with E-state index >= 15 is 0 Å². The highest BCUT2D eigenvalue weighted by Gasteiger charge is 2.11. The standard InChI is InChI=1S/C17H12ClFN4S/c18-14-4-2-1-3-13(14)15-10-23-17(21-15)24-16(22-23)20-9-11-5-7-12(19)8-6-11/h1-8,10H,9H2,(H,20,22). The lowest BCUT2D eigenvalue weighted by molar-refractivity contribution is 0.627. The molecule has 4 nitrogen and oxygen atoms in total. The van der Waals surface area contributed by atoms with Gasteiger partial charge in [0.15, 0.2) is 0 Å². The second-order valence-corrected chi connectivity index (χ2v) is 6.58. The number of halogens is 2. The van der Waals surface area contributed by atoms with Gasteiger partial charge in [0.25, 0.3) is 0 Å². The van der Waals surface area contributed by atoms with E-state index in [0.29, 0.717) is 11.6 Å². The van der Waals surface area contributed by atoms with Crippen LogP contribution in [0.15, 0.2) is 54.7 Å². The minimum atomic E-state index is -0.237. The van der Waals surface area contributed by atoms with Gasteiger partial charge in [0, 0.05) is 12.1 Å². The van der Waals surface area contributed by atoms with E-state index in [1.165, 1.54) is 23.5 Å². The Kier molecular flexibility index (Phi) is 3.92. The first-order chi connectivity index (χ1) is 11.7. The lowest BCUT2D eigenvalue weighted by atomic mass is 10.2. The van der Waals surface area contributed by atoms with Gasteiger partial charge in [-0.1, -0.05) is 53.3 Å². The molecule has 0 spiro atoms. The summed E-state index contributed by atoms with van der Waals surface area (Å²) in [5.41, 5.74) is 2.67. The van der Waals surface area contributed by atoms with Crippen LogP contribution in [-0.2, 0) is 6.54 Å². The lowest BCUT2D eigenvalue weighted by Crippen LogP contribution is -1.99. The van der Waals surface area contributed by atoms with Gasteiger partial charge >= 0.3 is 0 Å². The first kappa shape index (κ1) is 15.1. The molecule has 0 amide bonds. The minimum absolute atomic E-state index is 0.237. The van der Waals surface area contributed by atoms with E-state index < -0.39 is 0 Å². The molecule has 24 heavy (non-hydrogen) atoms. The van der Waals surface area contributed by atoms with E-state index in [9.17, 15) is 4.39 Å². The molecular weight excluding hydrogens is 347 g/mol. The summed E-state index contributed by atoms with van der Waals surface area (Å²) in [4.78, 5) is 5.36. The molecule has 1 N–H and O–H groups in total. The van der Waals surface area contributed by atoms with Crippen LogP contribution in [0.1, 0.15) is 5.56 Å². The number of anilines is 1. The second kappa shape index (κ2) is 6.22. The zero-order valence-electron chi connectivity index (χ0n) is 12.4. The number of imidazole rings is 1. The van der Waals surface area contributed by atoms with Gasteiger partial charge in [0.2, 0.25) is 10.1 Å². The van der Waals surface area contributed by atoms with Gasteiger partial charge < -0.3 is 5.32 Å². The number of nitrogens with zero attached hydrogens (tertiary/aromatic N) is 3. The van der Waals surface area contributed by atoms with E-state index in [4.69, 9.17) is 11.6 Å². The number of fused-ring (bicyclic) bond motifs is 1. The van der Waals surface area contributed by atoms with Crippen LogP contribution in [0, 0.1) is 5.82 Å². The molecule has 0 radical (unpaired) electrons. The summed E-state index contributed by atoms with van der Waals surface area (Å²) in [6.07, 6.45) is 1.86. The molecule has 4 aromatic rings. The molecule has 2 heterocycles. The van der Waals surface area contributed by atoms with Crippen molar-refractivity contribution in [1.29, 1.82) is 0 Å². The minimum Gasteiger partial charge on any atom is -0.356 e. The monoisotopic (exact) mass is 358 g/mol. The van der Waals surface area contributed by atoms with Crippen molar-refractivity contribution >= 4 is 33.0 Å². The van der Waals surface area contributed by atoms with Crippen LogP contribution < -0.4 is 5.32 Å². The second-order valence-electron chi connectivity index (χ2n) is 5.22. The summed E-state index contributed by atoms with van der Waals surface area (Å²) in [5, 5.41) is 9.11. The predicted molar refractivity (Wildman–Crippen MR) is 95.0 cm³/mol. The first-order valence-corrected chi connectivity index (χ1v) is 8.48. The molecule has 0 saturated heterocycles. The summed E-state index contributed by atoms with van der Waals surface area (Å²) >= 11 is 7.66. The van der Waals surface area contributed by atoms with Crippen molar-refractivity contribution in [2.24, 2.45) is 0 Å². The SMILES string of the molecule is Fc1ccc(CNc2nn3cc(-c4ccccc4Cl)nc3s2)cc1. The summed E-state index contributed by atoms with van der Waals surface area (Å²) < 4.78 is 14.6. The average Bonchev–Trinajstić information content (AvgIpc) is 3.13. The maximum absolute atomic E-state index is 12.9. The molecule has 7 heteroatoms. The first-order valence-electron chi connectivity index (χ1n) is 7.28. The maximum atomic E-state index is 12.9. The van der Waals surface area contributed by atoms with Gasteiger partial charge in [-0.2, -0.15) is 0 Å². The summed E-state index contributed by atoms with van der Waals surface area (Å²) in [5.74, 6) is -0.237. The molecule has 2 aromatic heterocycles. The fourth-order valence-electron chi connectivity index (χ4n) is 2.35. The van der Waals surface area contributed by atoms with Crippen LogP contribution in [-0.4, -0.2) is 14.6 Å². The number of nitrogens with one attached hydrogen (secondary N) is 1. The van der Waals surface area contributed by atoms with Crippen molar-refractivity contribution in [3.05, 3.63) is 71.1 Å². The van der Waals surface area contributed by atoms with Gasteiger partial charge in [-0.05, 0) is 23.8 Å². The quantitative estimate of drug-likeness (QED) is 0.566. The van der Waals surface area contributed by atoms with Crippen molar-refractivity contribution in [3.8, 4) is 11.3 Å². The van der Waals surface area contributed by atoms with Crippen LogP contribution >= 0.6 is 22.9 Å². The van der Waals surface area contributed by atoms with Gasteiger partial charge in [-0.25, -0.2) is 13.9 Å². The third-order valence-electron chi connectivity index (χ3n) is 3.55. The van der Waals surface area contributed by atoms with Crippen LogP contribution in [0.25, 0.3) is 16.2 Å². The Morgan fingerprint density at radius 1 is 1.12 bits per heavy atom. The maximum Gasteiger partial charge on any atom is 0.214 e. The largest absolute Gasteiger partial charge is 0.356 e. The third-order valence-corrected chi connectivity index (χ3v) is 4.76. The number of hydrogen-bond donors (Lipinski definition) is 1. The van der Waals surface area contributed by atoms with E-state index in [1.54, 1.807) is 16.6 Å². The van der Waals surface area contributed by atoms with Crippen LogP contribution in [0.2, 0.25) is 5.02 Å². The Hall–Kier alpha value is -2.44. The van der Waals surface area contributed by atoms with Gasteiger partial charge in [-0.3, -0.25) is 0 Å². The fourth-order valence-corrected chi connectivity index (χ4v) is 3.36. The van der Waals surface area contributed by atoms with Crippen LogP contribution in [0.5, 0.6) is 0 Å². The topological polar surface area (TPSA) is 42.2 Å². The number of hydrogen-bond acceptors (Lipinski definition) is 4. The smallest absolute Gasteiger partial charge is 0.214 e. The Balaban J connectivity index is 1.53. The van der Waals surface area contributed by atoms with E-state index in [1.807, 2.05) is 30.5 Å². The highest BCUT2D eigenvalue weighted by atomic mass is 35.5. The molecule has 0 aliphatic heterocycles. The van der Waals surface area contributed by atoms with E-state index in [2.05, 4.69) is 15.4 Å². The number of benzene rings is 2. The Labute approximate surface area is 146 Å². The third kappa shape index (κ3) is 2.98. The van der Waals surface area contributed by atoms with E-state index in [-0.39, 0.29) is 5.82 Å². The van der Waals surface area contributed by atoms with Crippen molar-refractivity contribution < 1.29 is 4.39 Å². The predicted octanol–water partition coefficient (Wildman–Crippen LogP) is 4.86. The summed E-state index contributed by atoms with van der Waals surface area (Å²) in [7, 11) is 0. The normalized spacial score (nSPS) is 11.1. The number of rotatable bonds is 4. The van der Waals surface area contributed by atoms with Gasteiger partial charge in [-0.15, -0.1) is 5.10 Å². The molecule has 0 unspecified atom stereocenters. The van der Waals surface area contributed by atoms with Crippen LogP contribution in [0.3, 0.4) is 0 Å². The average molecular weight is 359 g/mol. The van der Waals surface area contributed by atoms with Gasteiger partial charge in [0.05, 0.1) is 16.9 Å². The molecule has 120 valence electrons.